The van der Waals surface area contributed by atoms with Gasteiger partial charge in [-0.25, -0.2) is 15.0 Å². The Kier molecular flexibility index (Phi) is 5.70. The molecule has 148 valence electrons. The average molecular weight is 387 g/mol. The Bertz CT molecular complexity index is 1090. The van der Waals surface area contributed by atoms with Gasteiger partial charge in [0.05, 0.1) is 5.69 Å². The molecule has 0 saturated carbocycles. The summed E-state index contributed by atoms with van der Waals surface area (Å²) < 4.78 is 0. The van der Waals surface area contributed by atoms with Crippen LogP contribution < -0.4 is 11.1 Å². The monoisotopic (exact) mass is 386 g/mol. The van der Waals surface area contributed by atoms with E-state index in [0.29, 0.717) is 0 Å². The predicted molar refractivity (Wildman–Crippen MR) is 119 cm³/mol. The standard InChI is InChI=1S/C23H26N6/c1-2-3-5-10-17-13-20(26-14-16-8-6-4-7-9-16)29-22-21(17)18(15-27-22)19-11-12-25-23(24)28-19/h4,6-9,11-13,15H,2-3,5,10,14H2,1H3,(H2,24,25,28)(H2,26,27,29). The molecule has 29 heavy (non-hydrogen) atoms. The van der Waals surface area contributed by atoms with Crippen LogP contribution in [0.5, 0.6) is 0 Å². The van der Waals surface area contributed by atoms with E-state index >= 15 is 0 Å². The second-order valence-electron chi connectivity index (χ2n) is 7.19. The number of nitrogens with one attached hydrogen (secondary N) is 2. The van der Waals surface area contributed by atoms with Crippen molar-refractivity contribution in [1.82, 2.24) is 19.9 Å². The van der Waals surface area contributed by atoms with Crippen LogP contribution in [0.15, 0.2) is 54.9 Å². The van der Waals surface area contributed by atoms with Crippen LogP contribution in [0.1, 0.15) is 37.3 Å². The molecule has 0 radical (unpaired) electrons. The van der Waals surface area contributed by atoms with Crippen LogP contribution in [-0.2, 0) is 13.0 Å². The van der Waals surface area contributed by atoms with Crippen LogP contribution in [0.4, 0.5) is 11.8 Å². The molecular formula is C23H26N6. The molecule has 0 atom stereocenters. The second-order valence-corrected chi connectivity index (χ2v) is 7.19. The second kappa shape index (κ2) is 8.73. The summed E-state index contributed by atoms with van der Waals surface area (Å²) in [5.74, 6) is 1.15. The van der Waals surface area contributed by atoms with E-state index in [0.717, 1.165) is 47.5 Å². The van der Waals surface area contributed by atoms with E-state index in [9.17, 15) is 0 Å². The molecule has 0 aliphatic rings. The van der Waals surface area contributed by atoms with Gasteiger partial charge in [-0.1, -0.05) is 50.1 Å². The number of pyridine rings is 1. The van der Waals surface area contributed by atoms with Crippen LogP contribution >= 0.6 is 0 Å². The van der Waals surface area contributed by atoms with Gasteiger partial charge in [-0.15, -0.1) is 0 Å². The van der Waals surface area contributed by atoms with Gasteiger partial charge in [-0.05, 0) is 36.1 Å². The van der Waals surface area contributed by atoms with E-state index in [-0.39, 0.29) is 5.95 Å². The number of benzene rings is 1. The summed E-state index contributed by atoms with van der Waals surface area (Å²) >= 11 is 0. The first kappa shape index (κ1) is 18.9. The molecule has 6 heteroatoms. The molecule has 0 bridgehead atoms. The quantitative estimate of drug-likeness (QED) is 0.373. The number of nitrogens with two attached hydrogens (primary N) is 1. The number of aromatic amines is 1. The first-order valence-corrected chi connectivity index (χ1v) is 10.1. The molecule has 0 aliphatic carbocycles. The van der Waals surface area contributed by atoms with Crippen molar-refractivity contribution in [3.63, 3.8) is 0 Å². The zero-order valence-corrected chi connectivity index (χ0v) is 16.7. The lowest BCUT2D eigenvalue weighted by atomic mass is 10.0. The summed E-state index contributed by atoms with van der Waals surface area (Å²) in [4.78, 5) is 16.5. The fraction of sp³-hybridized carbons (Fsp3) is 0.261. The number of hydrogen-bond acceptors (Lipinski definition) is 5. The van der Waals surface area contributed by atoms with Gasteiger partial charge in [0, 0.05) is 29.9 Å². The number of hydrogen-bond donors (Lipinski definition) is 3. The smallest absolute Gasteiger partial charge is 0.220 e. The summed E-state index contributed by atoms with van der Waals surface area (Å²) in [6.07, 6.45) is 8.19. The highest BCUT2D eigenvalue weighted by Gasteiger charge is 2.15. The van der Waals surface area contributed by atoms with Gasteiger partial charge >= 0.3 is 0 Å². The number of aromatic nitrogens is 4. The number of anilines is 2. The van der Waals surface area contributed by atoms with Crippen molar-refractivity contribution in [3.8, 4) is 11.3 Å². The summed E-state index contributed by atoms with van der Waals surface area (Å²) in [5, 5.41) is 4.58. The molecule has 4 rings (SSSR count). The third kappa shape index (κ3) is 4.37. The largest absolute Gasteiger partial charge is 0.368 e. The minimum atomic E-state index is 0.276. The predicted octanol–water partition coefficient (Wildman–Crippen LogP) is 4.95. The van der Waals surface area contributed by atoms with Gasteiger partial charge < -0.3 is 16.0 Å². The lowest BCUT2D eigenvalue weighted by Gasteiger charge is -2.11. The van der Waals surface area contributed by atoms with E-state index in [1.54, 1.807) is 6.20 Å². The average Bonchev–Trinajstić information content (AvgIpc) is 3.17. The lowest BCUT2D eigenvalue weighted by Crippen LogP contribution is -2.03. The van der Waals surface area contributed by atoms with Gasteiger partial charge in [0.25, 0.3) is 0 Å². The summed E-state index contributed by atoms with van der Waals surface area (Å²) in [6, 6.07) is 14.4. The molecule has 0 aliphatic heterocycles. The van der Waals surface area contributed by atoms with Crippen LogP contribution in [0.25, 0.3) is 22.3 Å². The molecule has 1 aromatic carbocycles. The van der Waals surface area contributed by atoms with Crippen LogP contribution in [0.3, 0.4) is 0 Å². The fourth-order valence-corrected chi connectivity index (χ4v) is 3.58. The number of rotatable bonds is 8. The highest BCUT2D eigenvalue weighted by atomic mass is 15.0. The van der Waals surface area contributed by atoms with Crippen molar-refractivity contribution >= 4 is 22.8 Å². The molecular weight excluding hydrogens is 360 g/mol. The van der Waals surface area contributed by atoms with Crippen molar-refractivity contribution < 1.29 is 0 Å². The first-order chi connectivity index (χ1) is 14.2. The van der Waals surface area contributed by atoms with E-state index in [1.807, 2.05) is 18.3 Å². The summed E-state index contributed by atoms with van der Waals surface area (Å²) in [7, 11) is 0. The van der Waals surface area contributed by atoms with Gasteiger partial charge in [-0.3, -0.25) is 0 Å². The van der Waals surface area contributed by atoms with Crippen molar-refractivity contribution in [1.29, 1.82) is 0 Å². The number of nitrogens with zero attached hydrogens (tertiary/aromatic N) is 3. The van der Waals surface area contributed by atoms with E-state index in [2.05, 4.69) is 57.5 Å². The van der Waals surface area contributed by atoms with E-state index < -0.39 is 0 Å². The Labute approximate surface area is 170 Å². The molecule has 3 aromatic heterocycles. The van der Waals surface area contributed by atoms with Crippen molar-refractivity contribution in [3.05, 3.63) is 66.0 Å². The molecule has 0 amide bonds. The number of H-pyrrole nitrogens is 1. The molecule has 0 unspecified atom stereocenters. The van der Waals surface area contributed by atoms with E-state index in [1.165, 1.54) is 24.0 Å². The Morgan fingerprint density at radius 2 is 1.93 bits per heavy atom. The third-order valence-corrected chi connectivity index (χ3v) is 5.04. The van der Waals surface area contributed by atoms with Gasteiger partial charge in [0.15, 0.2) is 0 Å². The lowest BCUT2D eigenvalue weighted by molar-refractivity contribution is 0.719. The summed E-state index contributed by atoms with van der Waals surface area (Å²) in [5.41, 5.74) is 11.0. The molecule has 4 N–H and O–H groups in total. The van der Waals surface area contributed by atoms with E-state index in [4.69, 9.17) is 10.7 Å². The maximum Gasteiger partial charge on any atom is 0.220 e. The number of aryl methyl sites for hydroxylation is 1. The Hall–Kier alpha value is -3.41. The number of fused-ring (bicyclic) bond motifs is 1. The van der Waals surface area contributed by atoms with Crippen LogP contribution in [-0.4, -0.2) is 19.9 Å². The molecule has 4 aromatic rings. The van der Waals surface area contributed by atoms with Crippen molar-refractivity contribution in [2.75, 3.05) is 11.1 Å². The Balaban J connectivity index is 1.70. The van der Waals surface area contributed by atoms with Crippen molar-refractivity contribution in [2.24, 2.45) is 0 Å². The van der Waals surface area contributed by atoms with Gasteiger partial charge in [0.1, 0.15) is 11.5 Å². The molecule has 0 fully saturated rings. The van der Waals surface area contributed by atoms with Crippen LogP contribution in [0.2, 0.25) is 0 Å². The minimum Gasteiger partial charge on any atom is -0.368 e. The SMILES string of the molecule is CCCCCc1cc(NCc2ccccc2)nc2[nH]cc(-c3ccnc(N)n3)c12. The minimum absolute atomic E-state index is 0.276. The number of unbranched alkanes of at least 4 members (excludes halogenated alkanes) is 2. The van der Waals surface area contributed by atoms with Gasteiger partial charge in [-0.2, -0.15) is 0 Å². The van der Waals surface area contributed by atoms with Crippen LogP contribution in [0, 0.1) is 0 Å². The fourth-order valence-electron chi connectivity index (χ4n) is 3.58. The maximum atomic E-state index is 5.81. The maximum absolute atomic E-state index is 5.81. The van der Waals surface area contributed by atoms with Gasteiger partial charge in [0.2, 0.25) is 5.95 Å². The zero-order valence-electron chi connectivity index (χ0n) is 16.7. The highest BCUT2D eigenvalue weighted by Crippen LogP contribution is 2.32. The topological polar surface area (TPSA) is 92.5 Å². The number of nitrogen functional groups attached to an aromatic ring is 1. The van der Waals surface area contributed by atoms with Crippen molar-refractivity contribution in [2.45, 2.75) is 39.2 Å². The summed E-state index contributed by atoms with van der Waals surface area (Å²) in [6.45, 7) is 2.96. The molecule has 0 saturated heterocycles. The molecule has 3 heterocycles. The Morgan fingerprint density at radius 3 is 2.72 bits per heavy atom. The molecule has 6 nitrogen and oxygen atoms in total. The third-order valence-electron chi connectivity index (χ3n) is 5.04. The molecule has 0 spiro atoms. The Morgan fingerprint density at radius 1 is 1.07 bits per heavy atom. The highest BCUT2D eigenvalue weighted by molar-refractivity contribution is 5.96. The zero-order chi connectivity index (χ0) is 20.1. The normalized spacial score (nSPS) is 11.1. The first-order valence-electron chi connectivity index (χ1n) is 10.1.